The molecular formula is C13H12INO. The van der Waals surface area contributed by atoms with Crippen molar-refractivity contribution in [3.05, 3.63) is 57.7 Å². The lowest BCUT2D eigenvalue weighted by Gasteiger charge is -2.09. The minimum Gasteiger partial charge on any atom is -0.487 e. The third-order valence-electron chi connectivity index (χ3n) is 2.25. The van der Waals surface area contributed by atoms with Gasteiger partial charge in [0.2, 0.25) is 0 Å². The van der Waals surface area contributed by atoms with Gasteiger partial charge in [-0.3, -0.25) is 0 Å². The number of rotatable bonds is 3. The maximum atomic E-state index is 5.91. The number of hydrogen-bond donors (Lipinski definition) is 1. The molecule has 82 valence electrons. The van der Waals surface area contributed by atoms with E-state index in [0.717, 1.165) is 14.9 Å². The highest BCUT2D eigenvalue weighted by Crippen LogP contribution is 2.26. The summed E-state index contributed by atoms with van der Waals surface area (Å²) in [5.41, 5.74) is 7.76. The third-order valence-corrected chi connectivity index (χ3v) is 3.19. The Hall–Kier alpha value is -1.23. The Bertz CT molecular complexity index is 471. The van der Waals surface area contributed by atoms with Crippen molar-refractivity contribution in [3.63, 3.8) is 0 Å². The van der Waals surface area contributed by atoms with Crippen molar-refractivity contribution >= 4 is 28.3 Å². The molecule has 0 saturated carbocycles. The first-order valence-corrected chi connectivity index (χ1v) is 6.06. The number of ether oxygens (including phenoxy) is 1. The molecule has 0 bridgehead atoms. The van der Waals surface area contributed by atoms with Crippen LogP contribution in [0.3, 0.4) is 0 Å². The molecule has 0 radical (unpaired) electrons. The molecule has 0 aliphatic carbocycles. The van der Waals surface area contributed by atoms with Gasteiger partial charge in [-0.05, 0) is 40.3 Å². The fourth-order valence-corrected chi connectivity index (χ4v) is 1.85. The predicted molar refractivity (Wildman–Crippen MR) is 74.3 cm³/mol. The summed E-state index contributed by atoms with van der Waals surface area (Å²) in [7, 11) is 0. The van der Waals surface area contributed by atoms with Crippen molar-refractivity contribution in [2.75, 3.05) is 5.73 Å². The van der Waals surface area contributed by atoms with Crippen LogP contribution in [-0.4, -0.2) is 0 Å². The first-order chi connectivity index (χ1) is 7.77. The maximum Gasteiger partial charge on any atom is 0.143 e. The fraction of sp³-hybridized carbons (Fsp3) is 0.0769. The fourth-order valence-electron chi connectivity index (χ4n) is 1.38. The zero-order valence-electron chi connectivity index (χ0n) is 8.69. The van der Waals surface area contributed by atoms with E-state index in [2.05, 4.69) is 22.6 Å². The average molecular weight is 325 g/mol. The van der Waals surface area contributed by atoms with E-state index in [9.17, 15) is 0 Å². The summed E-state index contributed by atoms with van der Waals surface area (Å²) in [6, 6.07) is 15.8. The molecule has 0 aromatic heterocycles. The summed E-state index contributed by atoms with van der Waals surface area (Å²) >= 11 is 2.20. The van der Waals surface area contributed by atoms with Crippen LogP contribution in [0.5, 0.6) is 5.75 Å². The molecule has 2 N–H and O–H groups in total. The first-order valence-electron chi connectivity index (χ1n) is 4.98. The lowest BCUT2D eigenvalue weighted by Crippen LogP contribution is -1.99. The standard InChI is InChI=1S/C13H12INO/c14-11-7-4-8-12(13(11)15)16-9-10-5-2-1-3-6-10/h1-8H,9,15H2. The van der Waals surface area contributed by atoms with E-state index >= 15 is 0 Å². The number of para-hydroxylation sites is 1. The molecule has 0 aliphatic rings. The van der Waals surface area contributed by atoms with Crippen LogP contribution in [0.15, 0.2) is 48.5 Å². The van der Waals surface area contributed by atoms with Crippen LogP contribution in [0.25, 0.3) is 0 Å². The van der Waals surface area contributed by atoms with Gasteiger partial charge in [0.05, 0.1) is 5.69 Å². The van der Waals surface area contributed by atoms with Crippen LogP contribution in [0, 0.1) is 3.57 Å². The van der Waals surface area contributed by atoms with Crippen LogP contribution in [-0.2, 0) is 6.61 Å². The number of nitrogens with two attached hydrogens (primary N) is 1. The van der Waals surface area contributed by atoms with E-state index in [0.29, 0.717) is 12.3 Å². The van der Waals surface area contributed by atoms with E-state index < -0.39 is 0 Å². The highest BCUT2D eigenvalue weighted by atomic mass is 127. The van der Waals surface area contributed by atoms with E-state index in [1.54, 1.807) is 0 Å². The molecule has 2 aromatic rings. The van der Waals surface area contributed by atoms with Gasteiger partial charge in [-0.1, -0.05) is 36.4 Å². The number of benzene rings is 2. The molecule has 2 aromatic carbocycles. The lowest BCUT2D eigenvalue weighted by atomic mass is 10.2. The van der Waals surface area contributed by atoms with Crippen LogP contribution in [0.2, 0.25) is 0 Å². The van der Waals surface area contributed by atoms with E-state index in [4.69, 9.17) is 10.5 Å². The number of halogens is 1. The van der Waals surface area contributed by atoms with E-state index in [-0.39, 0.29) is 0 Å². The highest BCUT2D eigenvalue weighted by molar-refractivity contribution is 14.1. The van der Waals surface area contributed by atoms with Crippen molar-refractivity contribution in [2.24, 2.45) is 0 Å². The minimum absolute atomic E-state index is 0.547. The van der Waals surface area contributed by atoms with Gasteiger partial charge in [0, 0.05) is 3.57 Å². The van der Waals surface area contributed by atoms with Crippen LogP contribution < -0.4 is 10.5 Å². The van der Waals surface area contributed by atoms with Crippen molar-refractivity contribution in [1.82, 2.24) is 0 Å². The quantitative estimate of drug-likeness (QED) is 0.693. The Morgan fingerprint density at radius 3 is 2.50 bits per heavy atom. The van der Waals surface area contributed by atoms with Gasteiger partial charge in [-0.25, -0.2) is 0 Å². The van der Waals surface area contributed by atoms with Crippen molar-refractivity contribution < 1.29 is 4.74 Å². The SMILES string of the molecule is Nc1c(I)cccc1OCc1ccccc1. The van der Waals surface area contributed by atoms with Gasteiger partial charge >= 0.3 is 0 Å². The monoisotopic (exact) mass is 325 g/mol. The smallest absolute Gasteiger partial charge is 0.143 e. The number of hydrogen-bond acceptors (Lipinski definition) is 2. The van der Waals surface area contributed by atoms with Crippen molar-refractivity contribution in [1.29, 1.82) is 0 Å². The molecule has 0 heterocycles. The molecule has 2 nitrogen and oxygen atoms in total. The second-order valence-corrected chi connectivity index (χ2v) is 4.59. The molecule has 0 fully saturated rings. The van der Waals surface area contributed by atoms with Gasteiger partial charge in [-0.15, -0.1) is 0 Å². The summed E-state index contributed by atoms with van der Waals surface area (Å²) in [6.45, 7) is 0.547. The zero-order valence-corrected chi connectivity index (χ0v) is 10.8. The molecule has 3 heteroatoms. The molecule has 2 rings (SSSR count). The summed E-state index contributed by atoms with van der Waals surface area (Å²) in [5, 5.41) is 0. The summed E-state index contributed by atoms with van der Waals surface area (Å²) in [5.74, 6) is 0.746. The molecule has 0 spiro atoms. The predicted octanol–water partition coefficient (Wildman–Crippen LogP) is 3.45. The average Bonchev–Trinajstić information content (AvgIpc) is 2.32. The summed E-state index contributed by atoms with van der Waals surface area (Å²) in [4.78, 5) is 0. The topological polar surface area (TPSA) is 35.2 Å². The van der Waals surface area contributed by atoms with Gasteiger partial charge < -0.3 is 10.5 Å². The van der Waals surface area contributed by atoms with Crippen LogP contribution in [0.4, 0.5) is 5.69 Å². The minimum atomic E-state index is 0.547. The normalized spacial score (nSPS) is 10.1. The summed E-state index contributed by atoms with van der Waals surface area (Å²) in [6.07, 6.45) is 0. The molecule has 16 heavy (non-hydrogen) atoms. The molecule has 0 atom stereocenters. The maximum absolute atomic E-state index is 5.91. The van der Waals surface area contributed by atoms with Gasteiger partial charge in [0.15, 0.2) is 0 Å². The van der Waals surface area contributed by atoms with Crippen molar-refractivity contribution in [3.8, 4) is 5.75 Å². The van der Waals surface area contributed by atoms with Crippen molar-refractivity contribution in [2.45, 2.75) is 6.61 Å². The largest absolute Gasteiger partial charge is 0.487 e. The second-order valence-electron chi connectivity index (χ2n) is 3.43. The Morgan fingerprint density at radius 1 is 1.00 bits per heavy atom. The molecule has 0 unspecified atom stereocenters. The Balaban J connectivity index is 2.08. The van der Waals surface area contributed by atoms with Gasteiger partial charge in [-0.2, -0.15) is 0 Å². The third kappa shape index (κ3) is 2.66. The van der Waals surface area contributed by atoms with Gasteiger partial charge in [0.25, 0.3) is 0 Å². The van der Waals surface area contributed by atoms with Gasteiger partial charge in [0.1, 0.15) is 12.4 Å². The number of nitrogen functional groups attached to an aromatic ring is 1. The molecule has 0 saturated heterocycles. The lowest BCUT2D eigenvalue weighted by molar-refractivity contribution is 0.308. The second kappa shape index (κ2) is 5.21. The molecular weight excluding hydrogens is 313 g/mol. The zero-order chi connectivity index (χ0) is 11.4. The highest BCUT2D eigenvalue weighted by Gasteiger charge is 2.03. The van der Waals surface area contributed by atoms with E-state index in [1.165, 1.54) is 0 Å². The van der Waals surface area contributed by atoms with E-state index in [1.807, 2.05) is 48.5 Å². The first kappa shape index (κ1) is 11.3. The summed E-state index contributed by atoms with van der Waals surface area (Å²) < 4.78 is 6.69. The Morgan fingerprint density at radius 2 is 1.75 bits per heavy atom. The number of anilines is 1. The van der Waals surface area contributed by atoms with Crippen LogP contribution in [0.1, 0.15) is 5.56 Å². The molecule has 0 amide bonds. The van der Waals surface area contributed by atoms with Crippen LogP contribution >= 0.6 is 22.6 Å². The molecule has 0 aliphatic heterocycles. The Labute approximate surface area is 109 Å². The Kier molecular flexibility index (Phi) is 3.66.